The van der Waals surface area contributed by atoms with Gasteiger partial charge in [0.15, 0.2) is 16.8 Å². The van der Waals surface area contributed by atoms with Crippen LogP contribution in [0, 0.1) is 20.8 Å². The zero-order valence-corrected chi connectivity index (χ0v) is 15.0. The molecule has 1 aliphatic heterocycles. The highest BCUT2D eigenvalue weighted by Gasteiger charge is 2.20. The fraction of sp³-hybridized carbons (Fsp3) is 0.182. The van der Waals surface area contributed by atoms with Gasteiger partial charge in [-0.25, -0.2) is 4.98 Å². The molecule has 26 heavy (non-hydrogen) atoms. The molecule has 0 saturated carbocycles. The van der Waals surface area contributed by atoms with Gasteiger partial charge >= 0.3 is 0 Å². The summed E-state index contributed by atoms with van der Waals surface area (Å²) < 4.78 is 11.9. The van der Waals surface area contributed by atoms with Gasteiger partial charge in [-0.15, -0.1) is 0 Å². The van der Waals surface area contributed by atoms with Crippen molar-refractivity contribution in [1.29, 1.82) is 0 Å². The van der Waals surface area contributed by atoms with Crippen molar-refractivity contribution in [2.24, 2.45) is 0 Å². The SMILES string of the molecule is Cc1c2nc3cc(OCc4ccccc4)ccc3oc-2c(C)c(=O)c1C. The number of benzene rings is 3. The predicted octanol–water partition coefficient (Wildman–Crippen LogP) is 4.80. The van der Waals surface area contributed by atoms with Crippen LogP contribution >= 0.6 is 0 Å². The highest BCUT2D eigenvalue weighted by molar-refractivity contribution is 5.79. The topological polar surface area (TPSA) is 52.3 Å². The Bertz CT molecular complexity index is 1130. The maximum atomic E-state index is 12.3. The first-order valence-electron chi connectivity index (χ1n) is 8.55. The van der Waals surface area contributed by atoms with Crippen LogP contribution in [0.4, 0.5) is 0 Å². The van der Waals surface area contributed by atoms with Gasteiger partial charge in [-0.05, 0) is 44.0 Å². The molecule has 0 amide bonds. The van der Waals surface area contributed by atoms with Gasteiger partial charge in [0.05, 0.1) is 0 Å². The van der Waals surface area contributed by atoms with Crippen molar-refractivity contribution in [1.82, 2.24) is 4.98 Å². The molecule has 4 nitrogen and oxygen atoms in total. The van der Waals surface area contributed by atoms with Crippen molar-refractivity contribution in [2.75, 3.05) is 0 Å². The molecule has 4 heteroatoms. The Labute approximate surface area is 151 Å². The molecule has 0 spiro atoms. The lowest BCUT2D eigenvalue weighted by molar-refractivity contribution is 0.306. The first-order valence-corrected chi connectivity index (χ1v) is 8.55. The lowest BCUT2D eigenvalue weighted by Gasteiger charge is -2.14. The molecule has 1 heterocycles. The molecule has 2 aromatic rings. The Morgan fingerprint density at radius 3 is 2.50 bits per heavy atom. The lowest BCUT2D eigenvalue weighted by Crippen LogP contribution is -2.14. The van der Waals surface area contributed by atoms with Crippen LogP contribution in [-0.2, 0) is 6.61 Å². The number of ether oxygens (including phenoxy) is 1. The molecule has 0 aromatic heterocycles. The van der Waals surface area contributed by atoms with Crippen LogP contribution in [0.1, 0.15) is 22.3 Å². The summed E-state index contributed by atoms with van der Waals surface area (Å²) in [6, 6.07) is 15.6. The predicted molar refractivity (Wildman–Crippen MR) is 102 cm³/mol. The minimum absolute atomic E-state index is 0.0164. The van der Waals surface area contributed by atoms with Gasteiger partial charge in [0.1, 0.15) is 23.6 Å². The van der Waals surface area contributed by atoms with Gasteiger partial charge in [0.2, 0.25) is 0 Å². The lowest BCUT2D eigenvalue weighted by atomic mass is 9.99. The molecule has 130 valence electrons. The minimum atomic E-state index is 0.0164. The third-order valence-electron chi connectivity index (χ3n) is 4.78. The van der Waals surface area contributed by atoms with E-state index in [9.17, 15) is 4.79 Å². The summed E-state index contributed by atoms with van der Waals surface area (Å²) in [5.74, 6) is 1.29. The number of aromatic nitrogens is 1. The molecule has 0 unspecified atom stereocenters. The van der Waals surface area contributed by atoms with Gasteiger partial charge in [-0.1, -0.05) is 30.3 Å². The summed E-state index contributed by atoms with van der Waals surface area (Å²) >= 11 is 0. The normalized spacial score (nSPS) is 11.2. The van der Waals surface area contributed by atoms with E-state index in [0.29, 0.717) is 34.6 Å². The second-order valence-corrected chi connectivity index (χ2v) is 6.50. The number of hydrogen-bond donors (Lipinski definition) is 0. The van der Waals surface area contributed by atoms with E-state index >= 15 is 0 Å². The Balaban J connectivity index is 1.77. The fourth-order valence-corrected chi connectivity index (χ4v) is 3.07. The van der Waals surface area contributed by atoms with Crippen molar-refractivity contribution >= 4 is 11.1 Å². The zero-order chi connectivity index (χ0) is 18.3. The van der Waals surface area contributed by atoms with E-state index in [0.717, 1.165) is 22.6 Å². The first-order chi connectivity index (χ1) is 12.5. The Morgan fingerprint density at radius 2 is 1.73 bits per heavy atom. The van der Waals surface area contributed by atoms with Gasteiger partial charge < -0.3 is 9.15 Å². The van der Waals surface area contributed by atoms with Crippen molar-refractivity contribution in [2.45, 2.75) is 27.4 Å². The molecule has 1 aliphatic carbocycles. The smallest absolute Gasteiger partial charge is 0.188 e. The molecular formula is C22H19NO3. The molecule has 0 N–H and O–H groups in total. The number of nitrogens with zero attached hydrogens (tertiary/aromatic N) is 1. The van der Waals surface area contributed by atoms with Crippen LogP contribution in [0.25, 0.3) is 22.6 Å². The minimum Gasteiger partial charge on any atom is -0.489 e. The summed E-state index contributed by atoms with van der Waals surface area (Å²) in [5.41, 5.74) is 5.37. The molecule has 0 atom stereocenters. The van der Waals surface area contributed by atoms with E-state index in [-0.39, 0.29) is 5.43 Å². The zero-order valence-electron chi connectivity index (χ0n) is 15.0. The van der Waals surface area contributed by atoms with Crippen LogP contribution in [0.2, 0.25) is 0 Å². The average Bonchev–Trinajstić information content (AvgIpc) is 2.68. The van der Waals surface area contributed by atoms with Gasteiger partial charge in [0.25, 0.3) is 0 Å². The molecular weight excluding hydrogens is 326 g/mol. The Kier molecular flexibility index (Phi) is 3.96. The summed E-state index contributed by atoms with van der Waals surface area (Å²) in [5, 5.41) is 0. The standard InChI is InChI=1S/C22H19NO3/c1-13-14(2)21(24)15(3)22-20(13)23-18-11-17(9-10-19(18)26-22)25-12-16-7-5-4-6-8-16/h4-11H,12H2,1-3H3. The van der Waals surface area contributed by atoms with E-state index in [1.807, 2.05) is 62.4 Å². The highest BCUT2D eigenvalue weighted by atomic mass is 16.5. The van der Waals surface area contributed by atoms with Gasteiger partial charge in [0, 0.05) is 17.2 Å². The van der Waals surface area contributed by atoms with Crippen LogP contribution in [-0.4, -0.2) is 4.98 Å². The molecule has 0 radical (unpaired) electrons. The van der Waals surface area contributed by atoms with Crippen molar-refractivity contribution in [3.63, 3.8) is 0 Å². The quantitative estimate of drug-likeness (QED) is 0.501. The van der Waals surface area contributed by atoms with E-state index < -0.39 is 0 Å². The van der Waals surface area contributed by atoms with Gasteiger partial charge in [-0.2, -0.15) is 0 Å². The molecule has 2 aromatic carbocycles. The van der Waals surface area contributed by atoms with Crippen LogP contribution < -0.4 is 10.2 Å². The van der Waals surface area contributed by atoms with E-state index in [1.165, 1.54) is 0 Å². The van der Waals surface area contributed by atoms with Crippen LogP contribution in [0.5, 0.6) is 5.75 Å². The van der Waals surface area contributed by atoms with Crippen LogP contribution in [0.3, 0.4) is 0 Å². The summed E-state index contributed by atoms with van der Waals surface area (Å²) in [6.07, 6.45) is 0. The Hall–Kier alpha value is -3.14. The molecule has 2 aliphatic rings. The number of fused-ring (bicyclic) bond motifs is 2. The molecule has 0 bridgehead atoms. The second kappa shape index (κ2) is 6.30. The number of hydrogen-bond acceptors (Lipinski definition) is 4. The molecule has 4 rings (SSSR count). The number of rotatable bonds is 3. The van der Waals surface area contributed by atoms with Crippen molar-refractivity contribution in [3.05, 3.63) is 81.0 Å². The fourth-order valence-electron chi connectivity index (χ4n) is 3.07. The second-order valence-electron chi connectivity index (χ2n) is 6.50. The third kappa shape index (κ3) is 2.73. The molecule has 0 saturated heterocycles. The third-order valence-corrected chi connectivity index (χ3v) is 4.78. The first kappa shape index (κ1) is 16.3. The van der Waals surface area contributed by atoms with Crippen molar-refractivity contribution in [3.8, 4) is 17.2 Å². The maximum Gasteiger partial charge on any atom is 0.188 e. The monoisotopic (exact) mass is 345 g/mol. The van der Waals surface area contributed by atoms with Crippen LogP contribution in [0.15, 0.2) is 57.7 Å². The highest BCUT2D eigenvalue weighted by Crippen LogP contribution is 2.31. The maximum absolute atomic E-state index is 12.3. The van der Waals surface area contributed by atoms with Gasteiger partial charge in [-0.3, -0.25) is 4.79 Å². The molecule has 0 fully saturated rings. The summed E-state index contributed by atoms with van der Waals surface area (Å²) in [6.45, 7) is 6.01. The largest absolute Gasteiger partial charge is 0.489 e. The Morgan fingerprint density at radius 1 is 0.962 bits per heavy atom. The summed E-state index contributed by atoms with van der Waals surface area (Å²) in [4.78, 5) is 17.0. The average molecular weight is 345 g/mol. The van der Waals surface area contributed by atoms with E-state index in [2.05, 4.69) is 0 Å². The van der Waals surface area contributed by atoms with E-state index in [1.54, 1.807) is 6.92 Å². The summed E-state index contributed by atoms with van der Waals surface area (Å²) in [7, 11) is 0. The van der Waals surface area contributed by atoms with E-state index in [4.69, 9.17) is 14.1 Å². The van der Waals surface area contributed by atoms with Crippen molar-refractivity contribution < 1.29 is 9.15 Å².